The van der Waals surface area contributed by atoms with E-state index in [2.05, 4.69) is 26.2 Å². The molecule has 2 aromatic rings. The van der Waals surface area contributed by atoms with Crippen molar-refractivity contribution in [2.45, 2.75) is 13.5 Å². The highest BCUT2D eigenvalue weighted by Crippen LogP contribution is 2.22. The van der Waals surface area contributed by atoms with Gasteiger partial charge in [-0.05, 0) is 41.1 Å². The van der Waals surface area contributed by atoms with Crippen LogP contribution < -0.4 is 5.32 Å². The van der Waals surface area contributed by atoms with E-state index in [9.17, 15) is 4.79 Å². The average Bonchev–Trinajstić information content (AvgIpc) is 2.72. The van der Waals surface area contributed by atoms with Crippen LogP contribution in [0.4, 0.5) is 5.69 Å². The van der Waals surface area contributed by atoms with Crippen molar-refractivity contribution in [3.05, 3.63) is 44.3 Å². The molecule has 94 valence electrons. The molecule has 6 heteroatoms. The summed E-state index contributed by atoms with van der Waals surface area (Å²) in [5.41, 5.74) is 1.12. The normalized spacial score (nSPS) is 10.3. The summed E-state index contributed by atoms with van der Waals surface area (Å²) in [4.78, 5) is 16.3. The van der Waals surface area contributed by atoms with Gasteiger partial charge in [-0.2, -0.15) is 0 Å². The lowest BCUT2D eigenvalue weighted by molar-refractivity contribution is 0.0696. The number of hydrogen-bond donors (Lipinski definition) is 2. The van der Waals surface area contributed by atoms with Crippen LogP contribution >= 0.6 is 27.3 Å². The number of nitrogens with one attached hydrogen (secondary N) is 1. The van der Waals surface area contributed by atoms with Crippen LogP contribution in [0.5, 0.6) is 0 Å². The molecule has 2 N–H and O–H groups in total. The lowest BCUT2D eigenvalue weighted by Crippen LogP contribution is -2.01. The fraction of sp³-hybridized carbons (Fsp3) is 0.167. The number of aromatic nitrogens is 1. The molecule has 0 aliphatic rings. The maximum atomic E-state index is 10.9. The molecule has 0 bridgehead atoms. The molecule has 18 heavy (non-hydrogen) atoms. The van der Waals surface area contributed by atoms with Crippen molar-refractivity contribution >= 4 is 38.9 Å². The summed E-state index contributed by atoms with van der Waals surface area (Å²) in [6.07, 6.45) is 1.84. The second kappa shape index (κ2) is 5.49. The highest BCUT2D eigenvalue weighted by Gasteiger charge is 2.08. The zero-order valence-corrected chi connectivity index (χ0v) is 12.0. The zero-order chi connectivity index (χ0) is 13.1. The molecule has 0 radical (unpaired) electrons. The molecule has 0 spiro atoms. The Morgan fingerprint density at radius 3 is 2.89 bits per heavy atom. The molecular weight excluding hydrogens is 316 g/mol. The third kappa shape index (κ3) is 3.08. The Morgan fingerprint density at radius 1 is 1.56 bits per heavy atom. The molecule has 0 aliphatic carbocycles. The second-order valence-corrected chi connectivity index (χ2v) is 5.89. The van der Waals surface area contributed by atoms with Gasteiger partial charge in [0.05, 0.1) is 12.1 Å². The molecule has 0 unspecified atom stereocenters. The number of carboxylic acid groups (broad SMARTS) is 1. The van der Waals surface area contributed by atoms with Crippen LogP contribution in [-0.4, -0.2) is 16.1 Å². The average molecular weight is 327 g/mol. The van der Waals surface area contributed by atoms with Gasteiger partial charge >= 0.3 is 5.97 Å². The highest BCUT2D eigenvalue weighted by molar-refractivity contribution is 9.10. The Hall–Kier alpha value is -1.40. The van der Waals surface area contributed by atoms with Crippen molar-refractivity contribution in [1.82, 2.24) is 4.98 Å². The van der Waals surface area contributed by atoms with E-state index in [-0.39, 0.29) is 5.56 Å². The van der Waals surface area contributed by atoms with Gasteiger partial charge in [-0.3, -0.25) is 0 Å². The minimum atomic E-state index is -0.941. The summed E-state index contributed by atoms with van der Waals surface area (Å²) in [6, 6.07) is 5.07. The van der Waals surface area contributed by atoms with E-state index in [1.807, 2.05) is 13.1 Å². The van der Waals surface area contributed by atoms with Crippen molar-refractivity contribution in [3.63, 3.8) is 0 Å². The lowest BCUT2D eigenvalue weighted by atomic mass is 10.2. The van der Waals surface area contributed by atoms with Crippen LogP contribution in [0.2, 0.25) is 0 Å². The van der Waals surface area contributed by atoms with Gasteiger partial charge in [0, 0.05) is 21.2 Å². The molecule has 0 saturated heterocycles. The topological polar surface area (TPSA) is 62.2 Å². The van der Waals surface area contributed by atoms with Crippen molar-refractivity contribution in [2.24, 2.45) is 0 Å². The number of anilines is 1. The molecule has 1 heterocycles. The summed E-state index contributed by atoms with van der Waals surface area (Å²) in [7, 11) is 0. The molecule has 0 aliphatic heterocycles. The quantitative estimate of drug-likeness (QED) is 0.902. The maximum Gasteiger partial charge on any atom is 0.336 e. The van der Waals surface area contributed by atoms with Gasteiger partial charge in [0.2, 0.25) is 0 Å². The number of carbonyl (C=O) groups is 1. The Labute approximate surface area is 117 Å². The highest BCUT2D eigenvalue weighted by atomic mass is 79.9. The minimum absolute atomic E-state index is 0.255. The van der Waals surface area contributed by atoms with Crippen molar-refractivity contribution in [2.75, 3.05) is 5.32 Å². The number of rotatable bonds is 4. The molecule has 1 aromatic carbocycles. The summed E-state index contributed by atoms with van der Waals surface area (Å²) in [6.45, 7) is 2.65. The first-order chi connectivity index (χ1) is 8.56. The SMILES string of the molecule is Cc1cnc(CNc2ccc(C(=O)O)c(Br)c2)s1. The van der Waals surface area contributed by atoms with Crippen molar-refractivity contribution in [3.8, 4) is 0 Å². The number of thiazole rings is 1. The first-order valence-corrected chi connectivity index (χ1v) is 6.85. The van der Waals surface area contributed by atoms with Crippen LogP contribution in [-0.2, 0) is 6.54 Å². The Kier molecular flexibility index (Phi) is 3.98. The molecule has 0 fully saturated rings. The number of aryl methyl sites for hydroxylation is 1. The monoisotopic (exact) mass is 326 g/mol. The fourth-order valence-electron chi connectivity index (χ4n) is 1.46. The molecule has 4 nitrogen and oxygen atoms in total. The molecule has 1 aromatic heterocycles. The van der Waals surface area contributed by atoms with E-state index in [1.54, 1.807) is 29.5 Å². The van der Waals surface area contributed by atoms with E-state index < -0.39 is 5.97 Å². The van der Waals surface area contributed by atoms with Crippen LogP contribution in [0.25, 0.3) is 0 Å². The largest absolute Gasteiger partial charge is 0.478 e. The molecule has 0 saturated carbocycles. The van der Waals surface area contributed by atoms with Crippen LogP contribution in [0.3, 0.4) is 0 Å². The summed E-state index contributed by atoms with van der Waals surface area (Å²) in [5.74, 6) is -0.941. The van der Waals surface area contributed by atoms with Crippen molar-refractivity contribution in [1.29, 1.82) is 0 Å². The van der Waals surface area contributed by atoms with Gasteiger partial charge in [-0.25, -0.2) is 9.78 Å². The molecule has 0 atom stereocenters. The first-order valence-electron chi connectivity index (χ1n) is 5.24. The van der Waals surface area contributed by atoms with Gasteiger partial charge in [0.15, 0.2) is 0 Å². The Morgan fingerprint density at radius 2 is 2.33 bits per heavy atom. The van der Waals surface area contributed by atoms with Gasteiger partial charge in [-0.15, -0.1) is 11.3 Å². The number of hydrogen-bond acceptors (Lipinski definition) is 4. The number of halogens is 1. The minimum Gasteiger partial charge on any atom is -0.478 e. The molecule has 0 amide bonds. The third-order valence-corrected chi connectivity index (χ3v) is 3.88. The number of benzene rings is 1. The van der Waals surface area contributed by atoms with Crippen molar-refractivity contribution < 1.29 is 9.90 Å². The maximum absolute atomic E-state index is 10.9. The van der Waals surface area contributed by atoms with E-state index in [0.29, 0.717) is 11.0 Å². The van der Waals surface area contributed by atoms with E-state index in [4.69, 9.17) is 5.11 Å². The first kappa shape index (κ1) is 13.0. The Balaban J connectivity index is 2.06. The van der Waals surface area contributed by atoms with Gasteiger partial charge in [0.25, 0.3) is 0 Å². The van der Waals surface area contributed by atoms with Crippen LogP contribution in [0.15, 0.2) is 28.9 Å². The predicted molar refractivity (Wildman–Crippen MR) is 75.3 cm³/mol. The third-order valence-electron chi connectivity index (χ3n) is 2.31. The van der Waals surface area contributed by atoms with E-state index >= 15 is 0 Å². The zero-order valence-electron chi connectivity index (χ0n) is 9.61. The number of nitrogens with zero attached hydrogens (tertiary/aromatic N) is 1. The fourth-order valence-corrected chi connectivity index (χ4v) is 2.73. The van der Waals surface area contributed by atoms with E-state index in [1.165, 1.54) is 4.88 Å². The van der Waals surface area contributed by atoms with Gasteiger partial charge in [0.1, 0.15) is 5.01 Å². The summed E-state index contributed by atoms with van der Waals surface area (Å²) < 4.78 is 0.565. The number of carboxylic acids is 1. The number of aromatic carboxylic acids is 1. The standard InChI is InChI=1S/C12H11BrN2O2S/c1-7-5-15-11(18-7)6-14-8-2-3-9(12(16)17)10(13)4-8/h2-5,14H,6H2,1H3,(H,16,17). The second-order valence-electron chi connectivity index (χ2n) is 3.72. The van der Waals surface area contributed by atoms with Crippen LogP contribution in [0.1, 0.15) is 20.2 Å². The lowest BCUT2D eigenvalue weighted by Gasteiger charge is -2.06. The predicted octanol–water partition coefficient (Wildman–Crippen LogP) is 3.52. The molecular formula is C12H11BrN2O2S. The van der Waals surface area contributed by atoms with E-state index in [0.717, 1.165) is 10.7 Å². The van der Waals surface area contributed by atoms with Crippen LogP contribution in [0, 0.1) is 6.92 Å². The Bertz CT molecular complexity index is 583. The summed E-state index contributed by atoms with van der Waals surface area (Å²) >= 11 is 4.88. The van der Waals surface area contributed by atoms with Gasteiger partial charge < -0.3 is 10.4 Å². The van der Waals surface area contributed by atoms with Gasteiger partial charge in [-0.1, -0.05) is 0 Å². The summed E-state index contributed by atoms with van der Waals surface area (Å²) in [5, 5.41) is 13.1. The molecule has 2 rings (SSSR count). The smallest absolute Gasteiger partial charge is 0.336 e.